The molecule has 1 aliphatic heterocycles. The second-order valence-electron chi connectivity index (χ2n) is 5.70. The van der Waals surface area contributed by atoms with Gasteiger partial charge >= 0.3 is 0 Å². The van der Waals surface area contributed by atoms with Crippen molar-refractivity contribution in [1.29, 1.82) is 0 Å². The Morgan fingerprint density at radius 1 is 1.32 bits per heavy atom. The van der Waals surface area contributed by atoms with Crippen molar-refractivity contribution < 1.29 is 18.0 Å². The Morgan fingerprint density at radius 3 is 2.55 bits per heavy atom. The third-order valence-electron chi connectivity index (χ3n) is 3.45. The molecular weight excluding hydrogens is 304 g/mol. The average molecular weight is 324 g/mol. The van der Waals surface area contributed by atoms with Crippen LogP contribution in [0.4, 0.5) is 0 Å². The third kappa shape index (κ3) is 3.30. The number of amides is 2. The van der Waals surface area contributed by atoms with Gasteiger partial charge in [0.05, 0.1) is 4.90 Å². The molecule has 0 spiro atoms. The van der Waals surface area contributed by atoms with Crippen LogP contribution in [0.25, 0.3) is 0 Å². The summed E-state index contributed by atoms with van der Waals surface area (Å²) in [5, 5.41) is 2.70. The maximum Gasteiger partial charge on any atom is 0.267 e. The highest BCUT2D eigenvalue weighted by molar-refractivity contribution is 7.89. The minimum atomic E-state index is -4.00. The maximum absolute atomic E-state index is 12.6. The van der Waals surface area contributed by atoms with Crippen LogP contribution in [-0.2, 0) is 19.6 Å². The summed E-state index contributed by atoms with van der Waals surface area (Å²) in [6.45, 7) is 4.33. The molecule has 0 saturated carbocycles. The van der Waals surface area contributed by atoms with Gasteiger partial charge in [0.25, 0.3) is 10.0 Å². The molecule has 1 fully saturated rings. The standard InChI is InChI=1S/C15H20N2O4S/c1-11(2)10-16-15(19)13-8-9-14(18)17(13)22(20,21)12-6-4-3-5-7-12/h3-7,11,13H,8-10H2,1-2H3,(H,16,19). The molecule has 22 heavy (non-hydrogen) atoms. The third-order valence-corrected chi connectivity index (χ3v) is 5.29. The number of hydrogen-bond donors (Lipinski definition) is 1. The summed E-state index contributed by atoms with van der Waals surface area (Å²) in [6, 6.07) is 6.74. The van der Waals surface area contributed by atoms with E-state index in [-0.39, 0.29) is 23.7 Å². The lowest BCUT2D eigenvalue weighted by Gasteiger charge is -2.24. The lowest BCUT2D eigenvalue weighted by molar-refractivity contribution is -0.130. The van der Waals surface area contributed by atoms with Crippen LogP contribution in [0, 0.1) is 5.92 Å². The first-order chi connectivity index (χ1) is 10.3. The van der Waals surface area contributed by atoms with Gasteiger partial charge < -0.3 is 5.32 Å². The predicted molar refractivity (Wildman–Crippen MR) is 81.3 cm³/mol. The molecule has 0 aromatic heterocycles. The van der Waals surface area contributed by atoms with E-state index < -0.39 is 27.9 Å². The van der Waals surface area contributed by atoms with Crippen LogP contribution in [0.2, 0.25) is 0 Å². The normalized spacial score (nSPS) is 18.8. The number of nitrogens with zero attached hydrogens (tertiary/aromatic N) is 1. The Kier molecular flexibility index (Phi) is 4.85. The van der Waals surface area contributed by atoms with Crippen molar-refractivity contribution in [3.8, 4) is 0 Å². The molecule has 0 bridgehead atoms. The highest BCUT2D eigenvalue weighted by atomic mass is 32.2. The molecule has 1 aromatic carbocycles. The monoisotopic (exact) mass is 324 g/mol. The number of sulfonamides is 1. The zero-order valence-corrected chi connectivity index (χ0v) is 13.5. The lowest BCUT2D eigenvalue weighted by Crippen LogP contribution is -2.48. The predicted octanol–water partition coefficient (Wildman–Crippen LogP) is 1.14. The Morgan fingerprint density at radius 2 is 1.95 bits per heavy atom. The van der Waals surface area contributed by atoms with Gasteiger partial charge in [0.15, 0.2) is 0 Å². The molecular formula is C15H20N2O4S. The Hall–Kier alpha value is -1.89. The van der Waals surface area contributed by atoms with E-state index in [1.807, 2.05) is 13.8 Å². The molecule has 2 rings (SSSR count). The van der Waals surface area contributed by atoms with E-state index >= 15 is 0 Å². The van der Waals surface area contributed by atoms with Crippen molar-refractivity contribution in [2.75, 3.05) is 6.54 Å². The summed E-state index contributed by atoms with van der Waals surface area (Å²) >= 11 is 0. The number of rotatable bonds is 5. The second-order valence-corrected chi connectivity index (χ2v) is 7.52. The van der Waals surface area contributed by atoms with Gasteiger partial charge in [-0.2, -0.15) is 0 Å². The van der Waals surface area contributed by atoms with Crippen molar-refractivity contribution >= 4 is 21.8 Å². The SMILES string of the molecule is CC(C)CNC(=O)C1CCC(=O)N1S(=O)(=O)c1ccccc1. The molecule has 0 radical (unpaired) electrons. The van der Waals surface area contributed by atoms with Crippen molar-refractivity contribution in [3.63, 3.8) is 0 Å². The highest BCUT2D eigenvalue weighted by Crippen LogP contribution is 2.27. The van der Waals surface area contributed by atoms with Crippen LogP contribution < -0.4 is 5.32 Å². The minimum Gasteiger partial charge on any atom is -0.354 e. The van der Waals surface area contributed by atoms with E-state index in [1.165, 1.54) is 12.1 Å². The van der Waals surface area contributed by atoms with Crippen molar-refractivity contribution in [3.05, 3.63) is 30.3 Å². The first-order valence-corrected chi connectivity index (χ1v) is 8.68. The summed E-state index contributed by atoms with van der Waals surface area (Å²) in [5.41, 5.74) is 0. The van der Waals surface area contributed by atoms with Crippen LogP contribution in [0.15, 0.2) is 35.2 Å². The van der Waals surface area contributed by atoms with Crippen molar-refractivity contribution in [2.24, 2.45) is 5.92 Å². The smallest absolute Gasteiger partial charge is 0.267 e. The van der Waals surface area contributed by atoms with Gasteiger partial charge in [-0.1, -0.05) is 32.0 Å². The molecule has 1 N–H and O–H groups in total. The quantitative estimate of drug-likeness (QED) is 0.880. The van der Waals surface area contributed by atoms with Crippen molar-refractivity contribution in [1.82, 2.24) is 9.62 Å². The van der Waals surface area contributed by atoms with Gasteiger partial charge in [0.2, 0.25) is 11.8 Å². The van der Waals surface area contributed by atoms with Crippen LogP contribution in [0.1, 0.15) is 26.7 Å². The van der Waals surface area contributed by atoms with E-state index in [9.17, 15) is 18.0 Å². The van der Waals surface area contributed by atoms with E-state index in [2.05, 4.69) is 5.32 Å². The van der Waals surface area contributed by atoms with Crippen LogP contribution in [0.5, 0.6) is 0 Å². The largest absolute Gasteiger partial charge is 0.354 e. The maximum atomic E-state index is 12.6. The Balaban J connectivity index is 2.27. The second kappa shape index (κ2) is 6.48. The van der Waals surface area contributed by atoms with Gasteiger partial charge in [0, 0.05) is 13.0 Å². The molecule has 1 aromatic rings. The fourth-order valence-electron chi connectivity index (χ4n) is 2.33. The molecule has 7 heteroatoms. The topological polar surface area (TPSA) is 83.6 Å². The summed E-state index contributed by atoms with van der Waals surface area (Å²) in [7, 11) is -4.00. The van der Waals surface area contributed by atoms with E-state index in [4.69, 9.17) is 0 Å². The molecule has 1 heterocycles. The van der Waals surface area contributed by atoms with Crippen LogP contribution >= 0.6 is 0 Å². The molecule has 1 saturated heterocycles. The Bertz CT molecular complexity index is 655. The first kappa shape index (κ1) is 16.5. The number of nitrogens with one attached hydrogen (secondary N) is 1. The van der Waals surface area contributed by atoms with Crippen molar-refractivity contribution in [2.45, 2.75) is 37.6 Å². The zero-order valence-electron chi connectivity index (χ0n) is 12.7. The number of carbonyl (C=O) groups excluding carboxylic acids is 2. The van der Waals surface area contributed by atoms with Gasteiger partial charge in [-0.05, 0) is 24.5 Å². The molecule has 2 amide bonds. The molecule has 0 aliphatic carbocycles. The van der Waals surface area contributed by atoms with E-state index in [0.717, 1.165) is 4.31 Å². The molecule has 6 nitrogen and oxygen atoms in total. The van der Waals surface area contributed by atoms with Gasteiger partial charge in [-0.25, -0.2) is 12.7 Å². The van der Waals surface area contributed by atoms with Gasteiger partial charge in [0.1, 0.15) is 6.04 Å². The van der Waals surface area contributed by atoms with E-state index in [0.29, 0.717) is 6.54 Å². The van der Waals surface area contributed by atoms with Gasteiger partial charge in [-0.3, -0.25) is 9.59 Å². The summed E-state index contributed by atoms with van der Waals surface area (Å²) in [6.07, 6.45) is 0.278. The fraction of sp³-hybridized carbons (Fsp3) is 0.467. The molecule has 120 valence electrons. The van der Waals surface area contributed by atoms with Gasteiger partial charge in [-0.15, -0.1) is 0 Å². The fourth-order valence-corrected chi connectivity index (χ4v) is 3.95. The molecule has 1 aliphatic rings. The molecule has 1 atom stereocenters. The summed E-state index contributed by atoms with van der Waals surface area (Å²) in [5.74, 6) is -0.701. The van der Waals surface area contributed by atoms with Crippen LogP contribution in [0.3, 0.4) is 0 Å². The summed E-state index contributed by atoms with van der Waals surface area (Å²) < 4.78 is 26.0. The number of carbonyl (C=O) groups is 2. The number of hydrogen-bond acceptors (Lipinski definition) is 4. The summed E-state index contributed by atoms with van der Waals surface area (Å²) in [4.78, 5) is 24.2. The Labute approximate surface area is 130 Å². The van der Waals surface area contributed by atoms with Crippen LogP contribution in [-0.4, -0.2) is 37.1 Å². The highest BCUT2D eigenvalue weighted by Gasteiger charge is 2.44. The lowest BCUT2D eigenvalue weighted by atomic mass is 10.2. The minimum absolute atomic E-state index is 0.0203. The number of benzene rings is 1. The first-order valence-electron chi connectivity index (χ1n) is 7.24. The van der Waals surface area contributed by atoms with E-state index in [1.54, 1.807) is 18.2 Å². The average Bonchev–Trinajstić information content (AvgIpc) is 2.88. The molecule has 1 unspecified atom stereocenters. The zero-order chi connectivity index (χ0) is 16.3.